The lowest BCUT2D eigenvalue weighted by molar-refractivity contribution is 0.214. The van der Waals surface area contributed by atoms with E-state index in [1.54, 1.807) is 0 Å². The molecule has 166 valence electrons. The molecule has 2 aromatic rings. The molecule has 0 saturated carbocycles. The molecule has 0 aliphatic heterocycles. The highest BCUT2D eigenvalue weighted by molar-refractivity contribution is 7.54. The molecule has 0 radical (unpaired) electrons. The molecule has 5 heteroatoms. The molecule has 4 nitrogen and oxygen atoms in total. The summed E-state index contributed by atoms with van der Waals surface area (Å²) >= 11 is 0. The van der Waals surface area contributed by atoms with Crippen LogP contribution < -0.4 is 0 Å². The molecular weight excluding hydrogens is 395 g/mol. The van der Waals surface area contributed by atoms with E-state index in [1.165, 1.54) is 0 Å². The van der Waals surface area contributed by atoms with Crippen molar-refractivity contribution in [3.63, 3.8) is 0 Å². The maximum atomic E-state index is 14.0. The van der Waals surface area contributed by atoms with E-state index in [0.717, 1.165) is 55.2 Å². The van der Waals surface area contributed by atoms with Crippen LogP contribution in [0.5, 0.6) is 5.75 Å². The van der Waals surface area contributed by atoms with Crippen molar-refractivity contribution < 1.29 is 18.7 Å². The second-order valence-electron chi connectivity index (χ2n) is 7.59. The Bertz CT molecular complexity index is 809. The predicted molar refractivity (Wildman–Crippen MR) is 124 cm³/mol. The minimum Gasteiger partial charge on any atom is -0.507 e. The average molecular weight is 433 g/mol. The number of hydrogen-bond acceptors (Lipinski definition) is 4. The minimum atomic E-state index is -3.55. The Kier molecular flexibility index (Phi) is 10.1. The summed E-state index contributed by atoms with van der Waals surface area (Å²) in [5.41, 5.74) is 2.89. The standard InChI is InChI=1S/C25H37O4P/c1-5-9-14-20-18-22(15-10-6-2)24(26)23(19-20)25(21-16-12-11-13-17-21)30(27,28-7-3)29-8-4/h11-13,16-19,25-26H,5-10,14-15H2,1-4H3. The summed E-state index contributed by atoms with van der Waals surface area (Å²) in [7, 11) is -3.55. The first kappa shape index (κ1) is 24.7. The molecule has 0 aromatic heterocycles. The molecule has 30 heavy (non-hydrogen) atoms. The van der Waals surface area contributed by atoms with Gasteiger partial charge in [-0.05, 0) is 56.2 Å². The smallest absolute Gasteiger partial charge is 0.342 e. The second-order valence-corrected chi connectivity index (χ2v) is 9.70. The zero-order valence-corrected chi connectivity index (χ0v) is 19.8. The van der Waals surface area contributed by atoms with Crippen LogP contribution in [-0.2, 0) is 26.5 Å². The van der Waals surface area contributed by atoms with Crippen LogP contribution in [-0.4, -0.2) is 18.3 Å². The van der Waals surface area contributed by atoms with Crippen molar-refractivity contribution in [3.8, 4) is 5.75 Å². The Hall–Kier alpha value is -1.61. The topological polar surface area (TPSA) is 55.8 Å². The van der Waals surface area contributed by atoms with Crippen molar-refractivity contribution in [1.82, 2.24) is 0 Å². The fourth-order valence-corrected chi connectivity index (χ4v) is 5.96. The highest BCUT2D eigenvalue weighted by Gasteiger charge is 2.40. The van der Waals surface area contributed by atoms with Crippen molar-refractivity contribution >= 4 is 7.60 Å². The van der Waals surface area contributed by atoms with Gasteiger partial charge in [0.25, 0.3) is 0 Å². The molecule has 0 fully saturated rings. The summed E-state index contributed by atoms with van der Waals surface area (Å²) < 4.78 is 25.5. The number of aromatic hydroxyl groups is 1. The highest BCUT2D eigenvalue weighted by Crippen LogP contribution is 2.65. The fraction of sp³-hybridized carbons (Fsp3) is 0.520. The molecule has 0 amide bonds. The third-order valence-electron chi connectivity index (χ3n) is 5.24. The van der Waals surface area contributed by atoms with Crippen LogP contribution in [0.1, 0.15) is 81.3 Å². The Morgan fingerprint density at radius 1 is 0.900 bits per heavy atom. The Labute approximate surface area is 182 Å². The number of benzene rings is 2. The summed E-state index contributed by atoms with van der Waals surface area (Å²) in [6.45, 7) is 8.50. The van der Waals surface area contributed by atoms with Crippen molar-refractivity contribution in [2.75, 3.05) is 13.2 Å². The molecule has 1 N–H and O–H groups in total. The maximum Gasteiger partial charge on any atom is 0.342 e. The zero-order chi connectivity index (χ0) is 22.0. The molecule has 0 spiro atoms. The number of unbranched alkanes of at least 4 members (excludes halogenated alkanes) is 2. The second kappa shape index (κ2) is 12.3. The van der Waals surface area contributed by atoms with Crippen molar-refractivity contribution in [2.45, 2.75) is 71.9 Å². The van der Waals surface area contributed by atoms with E-state index in [4.69, 9.17) is 9.05 Å². The number of phenols is 1. The van der Waals surface area contributed by atoms with Gasteiger partial charge in [0, 0.05) is 5.56 Å². The van der Waals surface area contributed by atoms with Gasteiger partial charge in [0.2, 0.25) is 0 Å². The van der Waals surface area contributed by atoms with Crippen LogP contribution in [0.4, 0.5) is 0 Å². The van der Waals surface area contributed by atoms with Gasteiger partial charge in [0.1, 0.15) is 11.4 Å². The van der Waals surface area contributed by atoms with E-state index in [2.05, 4.69) is 19.9 Å². The van der Waals surface area contributed by atoms with Crippen LogP contribution >= 0.6 is 7.60 Å². The van der Waals surface area contributed by atoms with Crippen molar-refractivity contribution in [2.24, 2.45) is 0 Å². The first-order valence-corrected chi connectivity index (χ1v) is 12.9. The molecular formula is C25H37O4P. The lowest BCUT2D eigenvalue weighted by Crippen LogP contribution is -2.10. The third kappa shape index (κ3) is 6.20. The molecule has 1 unspecified atom stereocenters. The van der Waals surface area contributed by atoms with Gasteiger partial charge in [-0.1, -0.05) is 69.2 Å². The van der Waals surface area contributed by atoms with E-state index in [-0.39, 0.29) is 19.0 Å². The van der Waals surface area contributed by atoms with Gasteiger partial charge in [-0.2, -0.15) is 0 Å². The Balaban J connectivity index is 2.70. The van der Waals surface area contributed by atoms with E-state index >= 15 is 0 Å². The number of rotatable bonds is 13. The maximum absolute atomic E-state index is 14.0. The molecule has 1 atom stereocenters. The lowest BCUT2D eigenvalue weighted by atomic mass is 9.94. The molecule has 0 heterocycles. The summed E-state index contributed by atoms with van der Waals surface area (Å²) in [6.07, 6.45) is 5.94. The predicted octanol–water partition coefficient (Wildman–Crippen LogP) is 7.43. The quantitative estimate of drug-likeness (QED) is 0.334. The van der Waals surface area contributed by atoms with Gasteiger partial charge in [-0.15, -0.1) is 0 Å². The summed E-state index contributed by atoms with van der Waals surface area (Å²) in [6, 6.07) is 13.7. The summed E-state index contributed by atoms with van der Waals surface area (Å²) in [5.74, 6) is 0.220. The van der Waals surface area contributed by atoms with Crippen LogP contribution in [0.25, 0.3) is 0 Å². The van der Waals surface area contributed by atoms with E-state index in [9.17, 15) is 9.67 Å². The summed E-state index contributed by atoms with van der Waals surface area (Å²) in [5, 5.41) is 11.3. The Morgan fingerprint density at radius 2 is 1.50 bits per heavy atom. The normalized spacial score (nSPS) is 12.8. The van der Waals surface area contributed by atoms with Gasteiger partial charge in [0.05, 0.1) is 13.2 Å². The van der Waals surface area contributed by atoms with Gasteiger partial charge in [-0.25, -0.2) is 0 Å². The average Bonchev–Trinajstić information content (AvgIpc) is 2.74. The molecule has 0 aliphatic rings. The molecule has 0 bridgehead atoms. The van der Waals surface area contributed by atoms with Gasteiger partial charge in [0.15, 0.2) is 0 Å². The largest absolute Gasteiger partial charge is 0.507 e. The van der Waals surface area contributed by atoms with Crippen LogP contribution in [0.2, 0.25) is 0 Å². The van der Waals surface area contributed by atoms with Crippen molar-refractivity contribution in [1.29, 1.82) is 0 Å². The van der Waals surface area contributed by atoms with Gasteiger partial charge < -0.3 is 14.2 Å². The zero-order valence-electron chi connectivity index (χ0n) is 18.9. The van der Waals surface area contributed by atoms with Crippen molar-refractivity contribution in [3.05, 3.63) is 64.7 Å². The summed E-state index contributed by atoms with van der Waals surface area (Å²) in [4.78, 5) is 0. The number of hydrogen-bond donors (Lipinski definition) is 1. The Morgan fingerprint density at radius 3 is 2.07 bits per heavy atom. The third-order valence-corrected chi connectivity index (χ3v) is 7.69. The number of phenolic OH excluding ortho intramolecular Hbond substituents is 1. The first-order chi connectivity index (χ1) is 14.5. The molecule has 0 aliphatic carbocycles. The molecule has 2 rings (SSSR count). The lowest BCUT2D eigenvalue weighted by Gasteiger charge is -2.28. The molecule has 2 aromatic carbocycles. The van der Waals surface area contributed by atoms with E-state index < -0.39 is 13.3 Å². The van der Waals surface area contributed by atoms with Gasteiger partial charge in [-0.3, -0.25) is 4.57 Å². The van der Waals surface area contributed by atoms with Crippen LogP contribution in [0, 0.1) is 0 Å². The van der Waals surface area contributed by atoms with E-state index in [1.807, 2.05) is 50.2 Å². The first-order valence-electron chi connectivity index (χ1n) is 11.3. The van der Waals surface area contributed by atoms with E-state index in [0.29, 0.717) is 5.56 Å². The highest BCUT2D eigenvalue weighted by atomic mass is 31.2. The number of aryl methyl sites for hydroxylation is 2. The van der Waals surface area contributed by atoms with Crippen LogP contribution in [0.15, 0.2) is 42.5 Å². The van der Waals surface area contributed by atoms with Gasteiger partial charge >= 0.3 is 7.60 Å². The monoisotopic (exact) mass is 432 g/mol. The minimum absolute atomic E-state index is 0.220. The van der Waals surface area contributed by atoms with Crippen LogP contribution in [0.3, 0.4) is 0 Å². The fourth-order valence-electron chi connectivity index (χ4n) is 3.79. The molecule has 0 saturated heterocycles. The SMILES string of the molecule is CCCCc1cc(CCCC)c(O)c(C(c2ccccc2)P(=O)(OCC)OCC)c1.